The molecular weight excluding hydrogens is 306 g/mol. The Balaban J connectivity index is 1.71. The maximum Gasteiger partial charge on any atom is 0.250 e. The average molecular weight is 329 g/mol. The van der Waals surface area contributed by atoms with Gasteiger partial charge in [0.2, 0.25) is 5.91 Å². The van der Waals surface area contributed by atoms with E-state index in [1.54, 1.807) is 4.68 Å². The zero-order chi connectivity index (χ0) is 17.3. The van der Waals surface area contributed by atoms with E-state index in [1.165, 1.54) is 12.4 Å². The topological polar surface area (TPSA) is 83.9 Å². The summed E-state index contributed by atoms with van der Waals surface area (Å²) in [5, 5.41) is 4.44. The Bertz CT molecular complexity index is 808. The zero-order valence-electron chi connectivity index (χ0n) is 14.4. The van der Waals surface area contributed by atoms with Crippen LogP contribution in [0.3, 0.4) is 0 Å². The molecule has 1 saturated heterocycles. The monoisotopic (exact) mass is 329 g/mol. The lowest BCUT2D eigenvalue weighted by Crippen LogP contribution is -2.41. The van der Waals surface area contributed by atoms with E-state index < -0.39 is 0 Å². The number of aromatic amines is 1. The number of carbonyl (C=O) groups excluding carboxylic acids is 1. The number of likely N-dealkylation sites (tertiary alicyclic amines) is 1. The summed E-state index contributed by atoms with van der Waals surface area (Å²) in [4.78, 5) is 32.8. The fourth-order valence-electron chi connectivity index (χ4n) is 3.22. The van der Waals surface area contributed by atoms with Gasteiger partial charge in [-0.2, -0.15) is 5.10 Å². The molecule has 0 saturated carbocycles. The number of aryl methyl sites for hydroxylation is 1. The summed E-state index contributed by atoms with van der Waals surface area (Å²) in [6, 6.07) is 1.53. The average Bonchev–Trinajstić information content (AvgIpc) is 2.82. The second kappa shape index (κ2) is 6.59. The van der Waals surface area contributed by atoms with Crippen molar-refractivity contribution in [1.29, 1.82) is 0 Å². The number of hydrogen-bond donors (Lipinski definition) is 1. The minimum Gasteiger partial charge on any atom is -0.340 e. The van der Waals surface area contributed by atoms with Crippen molar-refractivity contribution in [3.05, 3.63) is 45.4 Å². The van der Waals surface area contributed by atoms with Crippen LogP contribution in [0.2, 0.25) is 0 Å². The Morgan fingerprint density at radius 2 is 2.17 bits per heavy atom. The largest absolute Gasteiger partial charge is 0.340 e. The summed E-state index contributed by atoms with van der Waals surface area (Å²) in [5.74, 6) is 0.183. The molecule has 1 fully saturated rings. The second-order valence-corrected chi connectivity index (χ2v) is 6.47. The molecule has 128 valence electrons. The Hall–Kier alpha value is -2.44. The predicted molar refractivity (Wildman–Crippen MR) is 89.9 cm³/mol. The molecule has 3 heterocycles. The summed E-state index contributed by atoms with van der Waals surface area (Å²) < 4.78 is 1.78. The van der Waals surface area contributed by atoms with Gasteiger partial charge in [0.05, 0.1) is 17.7 Å². The van der Waals surface area contributed by atoms with Crippen molar-refractivity contribution in [3.63, 3.8) is 0 Å². The van der Waals surface area contributed by atoms with Gasteiger partial charge in [0.15, 0.2) is 0 Å². The lowest BCUT2D eigenvalue weighted by molar-refractivity contribution is -0.133. The van der Waals surface area contributed by atoms with Crippen LogP contribution in [0.15, 0.2) is 17.2 Å². The smallest absolute Gasteiger partial charge is 0.250 e. The molecule has 1 aliphatic rings. The number of nitrogens with zero attached hydrogens (tertiary/aromatic N) is 4. The highest BCUT2D eigenvalue weighted by atomic mass is 16.2. The van der Waals surface area contributed by atoms with Crippen molar-refractivity contribution >= 4 is 5.91 Å². The number of aromatic nitrogens is 4. The first-order valence-corrected chi connectivity index (χ1v) is 8.28. The summed E-state index contributed by atoms with van der Waals surface area (Å²) in [6.45, 7) is 7.58. The van der Waals surface area contributed by atoms with E-state index in [2.05, 4.69) is 15.1 Å². The molecule has 3 rings (SSSR count). The molecular formula is C17H23N5O2. The molecule has 2 aromatic heterocycles. The Kier molecular flexibility index (Phi) is 4.51. The third-order valence-corrected chi connectivity index (χ3v) is 4.92. The fourth-order valence-corrected chi connectivity index (χ4v) is 3.22. The van der Waals surface area contributed by atoms with Crippen LogP contribution in [0.5, 0.6) is 0 Å². The van der Waals surface area contributed by atoms with Gasteiger partial charge in [-0.15, -0.1) is 0 Å². The van der Waals surface area contributed by atoms with E-state index in [-0.39, 0.29) is 23.9 Å². The number of H-pyrrole nitrogens is 1. The first-order chi connectivity index (χ1) is 11.5. The first kappa shape index (κ1) is 16.4. The zero-order valence-corrected chi connectivity index (χ0v) is 14.4. The lowest BCUT2D eigenvalue weighted by atomic mass is 9.94. The van der Waals surface area contributed by atoms with Crippen molar-refractivity contribution in [2.75, 3.05) is 13.1 Å². The third-order valence-electron chi connectivity index (χ3n) is 4.92. The molecule has 1 amide bonds. The molecule has 1 atom stereocenters. The van der Waals surface area contributed by atoms with Crippen LogP contribution < -0.4 is 5.56 Å². The van der Waals surface area contributed by atoms with Gasteiger partial charge in [-0.1, -0.05) is 0 Å². The minimum absolute atomic E-state index is 0.0649. The van der Waals surface area contributed by atoms with Crippen LogP contribution in [-0.4, -0.2) is 43.6 Å². The van der Waals surface area contributed by atoms with Crippen LogP contribution >= 0.6 is 0 Å². The van der Waals surface area contributed by atoms with Crippen LogP contribution in [-0.2, 0) is 11.3 Å². The maximum atomic E-state index is 12.7. The van der Waals surface area contributed by atoms with E-state index in [0.29, 0.717) is 6.54 Å². The van der Waals surface area contributed by atoms with Crippen molar-refractivity contribution in [1.82, 2.24) is 24.6 Å². The van der Waals surface area contributed by atoms with Crippen LogP contribution in [0.4, 0.5) is 0 Å². The van der Waals surface area contributed by atoms with Gasteiger partial charge in [0.25, 0.3) is 5.56 Å². The number of carbonyl (C=O) groups is 1. The van der Waals surface area contributed by atoms with Gasteiger partial charge in [-0.05, 0) is 39.2 Å². The van der Waals surface area contributed by atoms with Crippen molar-refractivity contribution in [3.8, 4) is 0 Å². The van der Waals surface area contributed by atoms with E-state index in [0.717, 1.165) is 42.0 Å². The highest BCUT2D eigenvalue weighted by molar-refractivity contribution is 5.76. The van der Waals surface area contributed by atoms with E-state index >= 15 is 0 Å². The SMILES string of the molecule is Cc1nn(CC(=O)N2CCCC(c3cc(=O)[nH]cn3)C2)c(C)c1C. The number of hydrogen-bond acceptors (Lipinski definition) is 4. The molecule has 0 aromatic carbocycles. The van der Waals surface area contributed by atoms with Crippen LogP contribution in [0, 0.1) is 20.8 Å². The molecule has 2 aromatic rings. The molecule has 24 heavy (non-hydrogen) atoms. The molecule has 0 spiro atoms. The number of amides is 1. The van der Waals surface area contributed by atoms with E-state index in [9.17, 15) is 9.59 Å². The van der Waals surface area contributed by atoms with Crippen molar-refractivity contribution in [2.45, 2.75) is 46.1 Å². The summed E-state index contributed by atoms with van der Waals surface area (Å²) in [7, 11) is 0. The molecule has 0 bridgehead atoms. The summed E-state index contributed by atoms with van der Waals surface area (Å²) in [5.41, 5.74) is 3.74. The van der Waals surface area contributed by atoms with E-state index in [1.807, 2.05) is 25.7 Å². The first-order valence-electron chi connectivity index (χ1n) is 8.28. The highest BCUT2D eigenvalue weighted by Gasteiger charge is 2.26. The fraction of sp³-hybridized carbons (Fsp3) is 0.529. The van der Waals surface area contributed by atoms with Crippen LogP contribution in [0.25, 0.3) is 0 Å². The van der Waals surface area contributed by atoms with Crippen LogP contribution in [0.1, 0.15) is 41.4 Å². The summed E-state index contributed by atoms with van der Waals surface area (Å²) >= 11 is 0. The third kappa shape index (κ3) is 3.25. The Morgan fingerprint density at radius 1 is 1.38 bits per heavy atom. The van der Waals surface area contributed by atoms with Gasteiger partial charge in [-0.3, -0.25) is 14.3 Å². The highest BCUT2D eigenvalue weighted by Crippen LogP contribution is 2.25. The standard InChI is InChI=1S/C17H23N5O2/c1-11-12(2)20-22(13(11)3)9-17(24)21-6-4-5-14(8-21)15-7-16(23)19-10-18-15/h7,10,14H,4-6,8-9H2,1-3H3,(H,18,19,23). The number of nitrogens with one attached hydrogen (secondary N) is 1. The normalized spacial score (nSPS) is 18.0. The van der Waals surface area contributed by atoms with Gasteiger partial charge in [-0.25, -0.2) is 4.98 Å². The van der Waals surface area contributed by atoms with Crippen molar-refractivity contribution in [2.24, 2.45) is 0 Å². The number of piperidine rings is 1. The molecule has 7 heteroatoms. The predicted octanol–water partition coefficient (Wildman–Crippen LogP) is 1.30. The molecule has 1 unspecified atom stereocenters. The van der Waals surface area contributed by atoms with Gasteiger partial charge in [0.1, 0.15) is 6.54 Å². The maximum absolute atomic E-state index is 12.7. The van der Waals surface area contributed by atoms with Gasteiger partial charge < -0.3 is 9.88 Å². The second-order valence-electron chi connectivity index (χ2n) is 6.47. The molecule has 1 N–H and O–H groups in total. The van der Waals surface area contributed by atoms with E-state index in [4.69, 9.17) is 0 Å². The molecule has 1 aliphatic heterocycles. The lowest BCUT2D eigenvalue weighted by Gasteiger charge is -2.32. The quantitative estimate of drug-likeness (QED) is 0.920. The van der Waals surface area contributed by atoms with Gasteiger partial charge in [0, 0.05) is 30.8 Å². The molecule has 0 aliphatic carbocycles. The Morgan fingerprint density at radius 3 is 2.83 bits per heavy atom. The molecule has 7 nitrogen and oxygen atoms in total. The number of rotatable bonds is 3. The van der Waals surface area contributed by atoms with Gasteiger partial charge >= 0.3 is 0 Å². The van der Waals surface area contributed by atoms with Crippen molar-refractivity contribution < 1.29 is 4.79 Å². The Labute approximate surface area is 140 Å². The minimum atomic E-state index is -0.151. The molecule has 0 radical (unpaired) electrons. The summed E-state index contributed by atoms with van der Waals surface area (Å²) in [6.07, 6.45) is 3.29.